The van der Waals surface area contributed by atoms with E-state index in [-0.39, 0.29) is 0 Å². The number of nitrogens with one attached hydrogen (secondary N) is 1. The van der Waals surface area contributed by atoms with Crippen molar-refractivity contribution in [3.05, 3.63) is 29.3 Å². The summed E-state index contributed by atoms with van der Waals surface area (Å²) in [6.07, 6.45) is 2.33. The van der Waals surface area contributed by atoms with E-state index in [2.05, 4.69) is 35.3 Å². The van der Waals surface area contributed by atoms with Crippen molar-refractivity contribution in [2.75, 3.05) is 31.6 Å². The molecule has 18 heavy (non-hydrogen) atoms. The summed E-state index contributed by atoms with van der Waals surface area (Å²) in [4.78, 5) is 2.43. The van der Waals surface area contributed by atoms with Crippen LogP contribution in [0.4, 0.5) is 5.69 Å². The van der Waals surface area contributed by atoms with E-state index < -0.39 is 0 Å². The van der Waals surface area contributed by atoms with E-state index in [0.717, 1.165) is 26.1 Å². The van der Waals surface area contributed by atoms with Gasteiger partial charge in [-0.3, -0.25) is 0 Å². The molecule has 0 bridgehead atoms. The second kappa shape index (κ2) is 6.21. The van der Waals surface area contributed by atoms with Crippen LogP contribution in [-0.2, 0) is 6.54 Å². The van der Waals surface area contributed by atoms with Crippen LogP contribution in [-0.4, -0.2) is 31.9 Å². The highest BCUT2D eigenvalue weighted by Gasteiger charge is 2.20. The van der Waals surface area contributed by atoms with E-state index in [1.54, 1.807) is 0 Å². The SMILES string of the molecule is CNCc1cc(C)ccc1N1CCCC(CO)C1. The molecule has 1 heterocycles. The third kappa shape index (κ3) is 3.03. The first kappa shape index (κ1) is 13.4. The molecule has 100 valence electrons. The molecular weight excluding hydrogens is 224 g/mol. The van der Waals surface area contributed by atoms with E-state index in [1.807, 2.05) is 7.05 Å². The molecule has 1 atom stereocenters. The molecule has 0 saturated carbocycles. The zero-order valence-electron chi connectivity index (χ0n) is 11.4. The molecule has 1 aliphatic rings. The number of hydrogen-bond donors (Lipinski definition) is 2. The summed E-state index contributed by atoms with van der Waals surface area (Å²) in [6, 6.07) is 6.66. The number of aliphatic hydroxyl groups excluding tert-OH is 1. The topological polar surface area (TPSA) is 35.5 Å². The normalized spacial score (nSPS) is 20.2. The Bertz CT molecular complexity index is 392. The molecule has 1 aromatic rings. The summed E-state index contributed by atoms with van der Waals surface area (Å²) in [5.74, 6) is 0.433. The van der Waals surface area contributed by atoms with Gasteiger partial charge in [0, 0.05) is 31.9 Å². The van der Waals surface area contributed by atoms with Gasteiger partial charge in [0.05, 0.1) is 0 Å². The predicted octanol–water partition coefficient (Wildman–Crippen LogP) is 1.92. The highest BCUT2D eigenvalue weighted by molar-refractivity contribution is 5.55. The zero-order chi connectivity index (χ0) is 13.0. The van der Waals surface area contributed by atoms with Gasteiger partial charge in [-0.15, -0.1) is 0 Å². The molecule has 1 fully saturated rings. The van der Waals surface area contributed by atoms with Gasteiger partial charge in [0.25, 0.3) is 0 Å². The van der Waals surface area contributed by atoms with E-state index in [0.29, 0.717) is 12.5 Å². The first-order valence-electron chi connectivity index (χ1n) is 6.84. The third-order valence-corrected chi connectivity index (χ3v) is 3.72. The Balaban J connectivity index is 2.20. The minimum absolute atomic E-state index is 0.309. The molecule has 0 radical (unpaired) electrons. The molecule has 0 spiro atoms. The lowest BCUT2D eigenvalue weighted by Crippen LogP contribution is -2.37. The summed E-state index contributed by atoms with van der Waals surface area (Å²) in [5.41, 5.74) is 3.99. The Morgan fingerprint density at radius 2 is 2.28 bits per heavy atom. The van der Waals surface area contributed by atoms with Gasteiger partial charge in [0.1, 0.15) is 0 Å². The van der Waals surface area contributed by atoms with E-state index in [1.165, 1.54) is 23.2 Å². The molecule has 1 aliphatic heterocycles. The van der Waals surface area contributed by atoms with Crippen LogP contribution >= 0.6 is 0 Å². The molecule has 1 aromatic carbocycles. The van der Waals surface area contributed by atoms with Crippen LogP contribution < -0.4 is 10.2 Å². The number of hydrogen-bond acceptors (Lipinski definition) is 3. The fourth-order valence-corrected chi connectivity index (χ4v) is 2.79. The molecule has 3 nitrogen and oxygen atoms in total. The van der Waals surface area contributed by atoms with Crippen molar-refractivity contribution in [2.45, 2.75) is 26.3 Å². The number of benzene rings is 1. The van der Waals surface area contributed by atoms with Crippen LogP contribution in [0.5, 0.6) is 0 Å². The Morgan fingerprint density at radius 1 is 1.44 bits per heavy atom. The average molecular weight is 248 g/mol. The van der Waals surface area contributed by atoms with Crippen molar-refractivity contribution in [2.24, 2.45) is 5.92 Å². The van der Waals surface area contributed by atoms with Crippen LogP contribution in [0, 0.1) is 12.8 Å². The van der Waals surface area contributed by atoms with Crippen LogP contribution in [0.3, 0.4) is 0 Å². The first-order chi connectivity index (χ1) is 8.74. The summed E-state index contributed by atoms with van der Waals surface area (Å²) in [6.45, 7) is 5.43. The molecule has 1 unspecified atom stereocenters. The van der Waals surface area contributed by atoms with Crippen molar-refractivity contribution in [3.63, 3.8) is 0 Å². The lowest BCUT2D eigenvalue weighted by atomic mass is 9.97. The second-order valence-electron chi connectivity index (χ2n) is 5.30. The fourth-order valence-electron chi connectivity index (χ4n) is 2.79. The summed E-state index contributed by atoms with van der Waals surface area (Å²) >= 11 is 0. The Kier molecular flexibility index (Phi) is 4.61. The summed E-state index contributed by atoms with van der Waals surface area (Å²) in [7, 11) is 1.98. The maximum atomic E-state index is 9.33. The van der Waals surface area contributed by atoms with Crippen molar-refractivity contribution in [1.29, 1.82) is 0 Å². The quantitative estimate of drug-likeness (QED) is 0.854. The lowest BCUT2D eigenvalue weighted by molar-refractivity contribution is 0.208. The van der Waals surface area contributed by atoms with Crippen molar-refractivity contribution in [1.82, 2.24) is 5.32 Å². The van der Waals surface area contributed by atoms with Gasteiger partial charge in [-0.25, -0.2) is 0 Å². The molecule has 1 saturated heterocycles. The van der Waals surface area contributed by atoms with Gasteiger partial charge >= 0.3 is 0 Å². The standard InChI is InChI=1S/C15H24N2O/c1-12-5-6-15(14(8-12)9-16-2)17-7-3-4-13(10-17)11-18/h5-6,8,13,16,18H,3-4,7,9-11H2,1-2H3. The first-order valence-corrected chi connectivity index (χ1v) is 6.84. The average Bonchev–Trinajstić information content (AvgIpc) is 2.39. The van der Waals surface area contributed by atoms with E-state index >= 15 is 0 Å². The second-order valence-corrected chi connectivity index (χ2v) is 5.30. The third-order valence-electron chi connectivity index (χ3n) is 3.72. The van der Waals surface area contributed by atoms with Crippen LogP contribution in [0.1, 0.15) is 24.0 Å². The van der Waals surface area contributed by atoms with Crippen LogP contribution in [0.25, 0.3) is 0 Å². The smallest absolute Gasteiger partial charge is 0.0476 e. The number of aliphatic hydroxyl groups is 1. The molecule has 0 aromatic heterocycles. The molecule has 3 heteroatoms. The molecular formula is C15H24N2O. The van der Waals surface area contributed by atoms with E-state index in [9.17, 15) is 5.11 Å². The Hall–Kier alpha value is -1.06. The maximum Gasteiger partial charge on any atom is 0.0476 e. The fraction of sp³-hybridized carbons (Fsp3) is 0.600. The van der Waals surface area contributed by atoms with Crippen LogP contribution in [0.2, 0.25) is 0 Å². The van der Waals surface area contributed by atoms with Gasteiger partial charge in [-0.05, 0) is 44.4 Å². The van der Waals surface area contributed by atoms with Gasteiger partial charge in [-0.1, -0.05) is 17.7 Å². The number of anilines is 1. The predicted molar refractivity (Wildman–Crippen MR) is 76.0 cm³/mol. The monoisotopic (exact) mass is 248 g/mol. The number of aryl methyl sites for hydroxylation is 1. The zero-order valence-corrected chi connectivity index (χ0v) is 11.4. The maximum absolute atomic E-state index is 9.33. The minimum atomic E-state index is 0.309. The highest BCUT2D eigenvalue weighted by atomic mass is 16.3. The molecule has 0 aliphatic carbocycles. The van der Waals surface area contributed by atoms with Crippen LogP contribution in [0.15, 0.2) is 18.2 Å². The number of nitrogens with zero attached hydrogens (tertiary/aromatic N) is 1. The van der Waals surface area contributed by atoms with Crippen molar-refractivity contribution in [3.8, 4) is 0 Å². The van der Waals surface area contributed by atoms with Gasteiger partial charge in [0.15, 0.2) is 0 Å². The molecule has 0 amide bonds. The summed E-state index contributed by atoms with van der Waals surface area (Å²) in [5, 5.41) is 12.6. The molecule has 2 rings (SSSR count). The summed E-state index contributed by atoms with van der Waals surface area (Å²) < 4.78 is 0. The number of rotatable bonds is 4. The molecule has 2 N–H and O–H groups in total. The van der Waals surface area contributed by atoms with Crippen molar-refractivity contribution < 1.29 is 5.11 Å². The van der Waals surface area contributed by atoms with Gasteiger partial charge in [0.2, 0.25) is 0 Å². The minimum Gasteiger partial charge on any atom is -0.396 e. The van der Waals surface area contributed by atoms with Gasteiger partial charge < -0.3 is 15.3 Å². The van der Waals surface area contributed by atoms with E-state index in [4.69, 9.17) is 0 Å². The lowest BCUT2D eigenvalue weighted by Gasteiger charge is -2.35. The largest absolute Gasteiger partial charge is 0.396 e. The van der Waals surface area contributed by atoms with Gasteiger partial charge in [-0.2, -0.15) is 0 Å². The Labute approximate surface area is 110 Å². The number of piperidine rings is 1. The Morgan fingerprint density at radius 3 is 3.00 bits per heavy atom. The highest BCUT2D eigenvalue weighted by Crippen LogP contribution is 2.27. The van der Waals surface area contributed by atoms with Crippen molar-refractivity contribution >= 4 is 5.69 Å².